The van der Waals surface area contributed by atoms with Crippen molar-refractivity contribution in [3.05, 3.63) is 73.8 Å². The van der Waals surface area contributed by atoms with Crippen LogP contribution in [0.1, 0.15) is 11.1 Å². The van der Waals surface area contributed by atoms with Crippen molar-refractivity contribution in [3.8, 4) is 0 Å². The Kier molecular flexibility index (Phi) is 4.95. The molecule has 0 aliphatic rings. The summed E-state index contributed by atoms with van der Waals surface area (Å²) in [5.74, 6) is 0. The fraction of sp³-hybridized carbons (Fsp3) is 0.143. The van der Waals surface area contributed by atoms with Crippen molar-refractivity contribution >= 4 is 28.9 Å². The number of nitrogens with zero attached hydrogens (tertiary/aromatic N) is 1. The van der Waals surface area contributed by atoms with Crippen LogP contribution in [-0.4, -0.2) is 4.92 Å². The van der Waals surface area contributed by atoms with Crippen molar-refractivity contribution in [2.24, 2.45) is 0 Å². The van der Waals surface area contributed by atoms with Crippen molar-refractivity contribution in [1.29, 1.82) is 0 Å². The van der Waals surface area contributed by atoms with Crippen LogP contribution in [0.4, 0.5) is 5.69 Å². The largest absolute Gasteiger partial charge is 0.309 e. The molecule has 0 aliphatic carbocycles. The molecule has 20 heavy (non-hydrogen) atoms. The molecule has 0 saturated carbocycles. The average Bonchev–Trinajstić information content (AvgIpc) is 2.42. The highest BCUT2D eigenvalue weighted by molar-refractivity contribution is 6.31. The van der Waals surface area contributed by atoms with Gasteiger partial charge in [0.25, 0.3) is 5.69 Å². The van der Waals surface area contributed by atoms with Gasteiger partial charge in [0.2, 0.25) is 0 Å². The van der Waals surface area contributed by atoms with E-state index in [2.05, 4.69) is 5.32 Å². The number of non-ortho nitro benzene ring substituents is 1. The summed E-state index contributed by atoms with van der Waals surface area (Å²) in [7, 11) is 0. The highest BCUT2D eigenvalue weighted by Gasteiger charge is 2.09. The van der Waals surface area contributed by atoms with Crippen molar-refractivity contribution in [2.75, 3.05) is 0 Å². The zero-order chi connectivity index (χ0) is 14.5. The van der Waals surface area contributed by atoms with E-state index in [1.165, 1.54) is 12.1 Å². The number of nitro benzene ring substituents is 1. The number of halogens is 2. The predicted molar refractivity (Wildman–Crippen MR) is 80.1 cm³/mol. The van der Waals surface area contributed by atoms with E-state index in [1.807, 2.05) is 24.3 Å². The molecule has 0 unspecified atom stereocenters. The van der Waals surface area contributed by atoms with Gasteiger partial charge in [0.15, 0.2) is 0 Å². The molecule has 0 heterocycles. The molecule has 0 spiro atoms. The van der Waals surface area contributed by atoms with E-state index in [0.29, 0.717) is 23.1 Å². The third-order valence-electron chi connectivity index (χ3n) is 2.84. The Morgan fingerprint density at radius 3 is 2.25 bits per heavy atom. The Bertz CT molecular complexity index is 632. The van der Waals surface area contributed by atoms with Crippen LogP contribution in [0, 0.1) is 10.1 Å². The summed E-state index contributed by atoms with van der Waals surface area (Å²) in [5, 5.41) is 14.9. The van der Waals surface area contributed by atoms with Crippen LogP contribution < -0.4 is 5.32 Å². The van der Waals surface area contributed by atoms with Gasteiger partial charge in [0.05, 0.1) is 9.95 Å². The summed E-state index contributed by atoms with van der Waals surface area (Å²) >= 11 is 12.1. The zero-order valence-electron chi connectivity index (χ0n) is 10.5. The quantitative estimate of drug-likeness (QED) is 0.665. The fourth-order valence-corrected chi connectivity index (χ4v) is 2.21. The summed E-state index contributed by atoms with van der Waals surface area (Å²) in [6.45, 7) is 1.12. The Hall–Kier alpha value is -1.62. The van der Waals surface area contributed by atoms with Crippen LogP contribution in [0.5, 0.6) is 0 Å². The van der Waals surface area contributed by atoms with Crippen LogP contribution in [0.3, 0.4) is 0 Å². The van der Waals surface area contributed by atoms with E-state index in [1.54, 1.807) is 6.07 Å². The standard InChI is InChI=1S/C14H12Cl2N2O2/c15-13-4-2-1-3-10(13)8-17-9-11-5-6-12(18(19)20)7-14(11)16/h1-7,17H,8-9H2. The van der Waals surface area contributed by atoms with E-state index in [-0.39, 0.29) is 5.69 Å². The SMILES string of the molecule is O=[N+]([O-])c1ccc(CNCc2ccccc2Cl)c(Cl)c1. The summed E-state index contributed by atoms with van der Waals surface area (Å²) in [5.41, 5.74) is 1.79. The minimum absolute atomic E-state index is 0.00939. The summed E-state index contributed by atoms with van der Waals surface area (Å²) in [6.07, 6.45) is 0. The molecule has 0 saturated heterocycles. The summed E-state index contributed by atoms with van der Waals surface area (Å²) in [6, 6.07) is 12.0. The second-order valence-corrected chi connectivity index (χ2v) is 5.04. The highest BCUT2D eigenvalue weighted by atomic mass is 35.5. The molecule has 2 aromatic carbocycles. The van der Waals surface area contributed by atoms with Gasteiger partial charge >= 0.3 is 0 Å². The molecule has 0 radical (unpaired) electrons. The maximum atomic E-state index is 10.6. The number of nitro groups is 1. The maximum absolute atomic E-state index is 10.6. The van der Waals surface area contributed by atoms with Crippen LogP contribution in [-0.2, 0) is 13.1 Å². The molecular weight excluding hydrogens is 299 g/mol. The van der Waals surface area contributed by atoms with E-state index >= 15 is 0 Å². The number of hydrogen-bond donors (Lipinski definition) is 1. The third-order valence-corrected chi connectivity index (χ3v) is 3.56. The smallest absolute Gasteiger partial charge is 0.270 e. The van der Waals surface area contributed by atoms with Gasteiger partial charge in [-0.2, -0.15) is 0 Å². The molecule has 0 aliphatic heterocycles. The second kappa shape index (κ2) is 6.70. The first kappa shape index (κ1) is 14.8. The molecule has 6 heteroatoms. The topological polar surface area (TPSA) is 55.2 Å². The molecule has 0 aromatic heterocycles. The molecule has 2 aromatic rings. The first-order valence-corrected chi connectivity index (χ1v) is 6.70. The first-order valence-electron chi connectivity index (χ1n) is 5.95. The minimum Gasteiger partial charge on any atom is -0.309 e. The lowest BCUT2D eigenvalue weighted by molar-refractivity contribution is -0.384. The molecule has 0 amide bonds. The zero-order valence-corrected chi connectivity index (χ0v) is 12.0. The minimum atomic E-state index is -0.465. The molecule has 0 bridgehead atoms. The number of benzene rings is 2. The number of nitrogens with one attached hydrogen (secondary N) is 1. The molecule has 0 atom stereocenters. The highest BCUT2D eigenvalue weighted by Crippen LogP contribution is 2.22. The van der Waals surface area contributed by atoms with Gasteiger partial charge < -0.3 is 5.32 Å². The summed E-state index contributed by atoms with van der Waals surface area (Å²) < 4.78 is 0. The molecule has 0 fully saturated rings. The van der Waals surface area contributed by atoms with E-state index in [4.69, 9.17) is 23.2 Å². The fourth-order valence-electron chi connectivity index (χ4n) is 1.77. The van der Waals surface area contributed by atoms with Crippen molar-refractivity contribution < 1.29 is 4.92 Å². The van der Waals surface area contributed by atoms with Crippen LogP contribution in [0.15, 0.2) is 42.5 Å². The molecule has 2 rings (SSSR count). The Balaban J connectivity index is 1.98. The van der Waals surface area contributed by atoms with Crippen LogP contribution in [0.2, 0.25) is 10.0 Å². The molecule has 104 valence electrons. The third kappa shape index (κ3) is 3.70. The Labute approximate surface area is 126 Å². The van der Waals surface area contributed by atoms with Crippen LogP contribution in [0.25, 0.3) is 0 Å². The van der Waals surface area contributed by atoms with Crippen molar-refractivity contribution in [3.63, 3.8) is 0 Å². The Morgan fingerprint density at radius 2 is 1.65 bits per heavy atom. The lowest BCUT2D eigenvalue weighted by Gasteiger charge is -2.08. The first-order chi connectivity index (χ1) is 9.58. The van der Waals surface area contributed by atoms with Gasteiger partial charge in [-0.3, -0.25) is 10.1 Å². The number of hydrogen-bond acceptors (Lipinski definition) is 3. The van der Waals surface area contributed by atoms with Gasteiger partial charge in [-0.05, 0) is 23.3 Å². The lowest BCUT2D eigenvalue weighted by atomic mass is 10.2. The van der Waals surface area contributed by atoms with Gasteiger partial charge in [0.1, 0.15) is 0 Å². The Morgan fingerprint density at radius 1 is 1.00 bits per heavy atom. The molecular formula is C14H12Cl2N2O2. The normalized spacial score (nSPS) is 10.5. The van der Waals surface area contributed by atoms with E-state index in [9.17, 15) is 10.1 Å². The maximum Gasteiger partial charge on any atom is 0.270 e. The second-order valence-electron chi connectivity index (χ2n) is 4.23. The summed E-state index contributed by atoms with van der Waals surface area (Å²) in [4.78, 5) is 10.2. The average molecular weight is 311 g/mol. The lowest BCUT2D eigenvalue weighted by Crippen LogP contribution is -2.13. The van der Waals surface area contributed by atoms with Gasteiger partial charge in [-0.25, -0.2) is 0 Å². The molecule has 4 nitrogen and oxygen atoms in total. The van der Waals surface area contributed by atoms with Gasteiger partial charge in [0, 0.05) is 30.2 Å². The van der Waals surface area contributed by atoms with Gasteiger partial charge in [-0.15, -0.1) is 0 Å². The monoisotopic (exact) mass is 310 g/mol. The van der Waals surface area contributed by atoms with Gasteiger partial charge in [-0.1, -0.05) is 41.4 Å². The van der Waals surface area contributed by atoms with E-state index in [0.717, 1.165) is 11.1 Å². The van der Waals surface area contributed by atoms with E-state index < -0.39 is 4.92 Å². The van der Waals surface area contributed by atoms with Crippen molar-refractivity contribution in [1.82, 2.24) is 5.32 Å². The van der Waals surface area contributed by atoms with Crippen molar-refractivity contribution in [2.45, 2.75) is 13.1 Å². The van der Waals surface area contributed by atoms with Crippen LogP contribution >= 0.6 is 23.2 Å². The number of rotatable bonds is 5. The molecule has 1 N–H and O–H groups in total. The predicted octanol–water partition coefficient (Wildman–Crippen LogP) is 4.19.